The number of rotatable bonds is 3. The van der Waals surface area contributed by atoms with Crippen molar-refractivity contribution in [2.75, 3.05) is 7.11 Å². The Morgan fingerprint density at radius 1 is 1.15 bits per heavy atom. The molecule has 0 aliphatic carbocycles. The summed E-state index contributed by atoms with van der Waals surface area (Å²) in [5.41, 5.74) is 1.16. The summed E-state index contributed by atoms with van der Waals surface area (Å²) >= 11 is 3.19. The Morgan fingerprint density at radius 3 is 2.38 bits per heavy atom. The van der Waals surface area contributed by atoms with E-state index in [-0.39, 0.29) is 0 Å². The maximum atomic E-state index is 5.05. The van der Waals surface area contributed by atoms with Crippen molar-refractivity contribution in [2.45, 2.75) is 0 Å². The third-order valence-corrected chi connectivity index (χ3v) is 1.89. The summed E-state index contributed by atoms with van der Waals surface area (Å²) in [4.78, 5) is 1.81. The van der Waals surface area contributed by atoms with Crippen LogP contribution in [0.1, 0.15) is 5.56 Å². The molecular formula is C11H11BrO. The third kappa shape index (κ3) is 3.47. The van der Waals surface area contributed by atoms with Crippen molar-refractivity contribution < 1.29 is 4.74 Å². The van der Waals surface area contributed by atoms with E-state index in [2.05, 4.69) is 15.9 Å². The predicted molar refractivity (Wildman–Crippen MR) is 60.1 cm³/mol. The Hall–Kier alpha value is -1.02. The minimum Gasteiger partial charge on any atom is -0.497 e. The van der Waals surface area contributed by atoms with Gasteiger partial charge >= 0.3 is 0 Å². The van der Waals surface area contributed by atoms with Crippen molar-refractivity contribution >= 4 is 22.0 Å². The molecular weight excluding hydrogens is 228 g/mol. The number of hydrogen-bond acceptors (Lipinski definition) is 1. The van der Waals surface area contributed by atoms with Crippen molar-refractivity contribution in [3.8, 4) is 5.75 Å². The molecule has 0 aliphatic heterocycles. The Bertz CT molecular complexity index is 298. The van der Waals surface area contributed by atoms with Gasteiger partial charge < -0.3 is 4.74 Å². The van der Waals surface area contributed by atoms with E-state index < -0.39 is 0 Å². The molecule has 0 amide bonds. The molecule has 0 fully saturated rings. The molecule has 0 unspecified atom stereocenters. The summed E-state index contributed by atoms with van der Waals surface area (Å²) in [5.74, 6) is 0.883. The van der Waals surface area contributed by atoms with Crippen molar-refractivity contribution in [3.63, 3.8) is 0 Å². The summed E-state index contributed by atoms with van der Waals surface area (Å²) in [6.45, 7) is 0. The van der Waals surface area contributed by atoms with Crippen LogP contribution in [-0.2, 0) is 0 Å². The first kappa shape index (κ1) is 10.1. The lowest BCUT2D eigenvalue weighted by molar-refractivity contribution is 0.415. The third-order valence-electron chi connectivity index (χ3n) is 1.59. The summed E-state index contributed by atoms with van der Waals surface area (Å²) < 4.78 is 5.05. The van der Waals surface area contributed by atoms with Crippen LogP contribution in [-0.4, -0.2) is 7.11 Å². The molecule has 1 nitrogen and oxygen atoms in total. The van der Waals surface area contributed by atoms with Crippen LogP contribution in [0.15, 0.2) is 41.4 Å². The van der Waals surface area contributed by atoms with Crippen LogP contribution < -0.4 is 4.74 Å². The second kappa shape index (κ2) is 5.60. The highest BCUT2D eigenvalue weighted by molar-refractivity contribution is 9.11. The van der Waals surface area contributed by atoms with Gasteiger partial charge in [-0.1, -0.05) is 46.3 Å². The van der Waals surface area contributed by atoms with Crippen LogP contribution in [0.25, 0.3) is 6.08 Å². The molecule has 0 saturated carbocycles. The minimum atomic E-state index is 0.883. The molecule has 1 aromatic carbocycles. The van der Waals surface area contributed by atoms with Crippen LogP contribution in [0.2, 0.25) is 0 Å². The number of methoxy groups -OCH3 is 1. The molecule has 0 atom stereocenters. The van der Waals surface area contributed by atoms with E-state index in [0.29, 0.717) is 0 Å². The van der Waals surface area contributed by atoms with E-state index in [1.807, 2.05) is 47.5 Å². The summed E-state index contributed by atoms with van der Waals surface area (Å²) in [5, 5.41) is 0. The summed E-state index contributed by atoms with van der Waals surface area (Å²) in [6.07, 6.45) is 5.91. The van der Waals surface area contributed by atoms with Crippen LogP contribution in [0.5, 0.6) is 5.75 Å². The van der Waals surface area contributed by atoms with Gasteiger partial charge in [-0.3, -0.25) is 0 Å². The first-order valence-corrected chi connectivity index (χ1v) is 4.86. The lowest BCUT2D eigenvalue weighted by atomic mass is 10.2. The fourth-order valence-electron chi connectivity index (χ4n) is 0.924. The monoisotopic (exact) mass is 238 g/mol. The molecule has 0 bridgehead atoms. The molecule has 1 aromatic rings. The molecule has 0 aromatic heterocycles. The number of ether oxygens (including phenoxy) is 1. The zero-order chi connectivity index (χ0) is 9.52. The van der Waals surface area contributed by atoms with Gasteiger partial charge in [0.05, 0.1) is 7.11 Å². The van der Waals surface area contributed by atoms with Gasteiger partial charge in [-0.25, -0.2) is 0 Å². The lowest BCUT2D eigenvalue weighted by Gasteiger charge is -1.98. The van der Waals surface area contributed by atoms with Crippen LogP contribution in [0, 0.1) is 0 Å². The van der Waals surface area contributed by atoms with Crippen molar-refractivity contribution in [1.82, 2.24) is 0 Å². The van der Waals surface area contributed by atoms with E-state index in [4.69, 9.17) is 4.74 Å². The lowest BCUT2D eigenvalue weighted by Crippen LogP contribution is -1.81. The summed E-state index contributed by atoms with van der Waals surface area (Å²) in [6, 6.07) is 7.91. The van der Waals surface area contributed by atoms with E-state index in [9.17, 15) is 0 Å². The molecule has 0 spiro atoms. The van der Waals surface area contributed by atoms with Gasteiger partial charge in [0.2, 0.25) is 0 Å². The Balaban J connectivity index is 2.69. The largest absolute Gasteiger partial charge is 0.497 e. The quantitative estimate of drug-likeness (QED) is 0.732. The zero-order valence-electron chi connectivity index (χ0n) is 7.41. The molecule has 2 heteroatoms. The van der Waals surface area contributed by atoms with Crippen molar-refractivity contribution in [2.24, 2.45) is 0 Å². The normalized spacial score (nSPS) is 11.2. The van der Waals surface area contributed by atoms with Gasteiger partial charge in [-0.05, 0) is 22.7 Å². The van der Waals surface area contributed by atoms with E-state index >= 15 is 0 Å². The maximum Gasteiger partial charge on any atom is 0.118 e. The first-order chi connectivity index (χ1) is 6.36. The van der Waals surface area contributed by atoms with Crippen molar-refractivity contribution in [3.05, 3.63) is 47.0 Å². The average molecular weight is 239 g/mol. The van der Waals surface area contributed by atoms with Gasteiger partial charge in [-0.2, -0.15) is 0 Å². The zero-order valence-corrected chi connectivity index (χ0v) is 8.99. The standard InChI is InChI=1S/C11H11BrO/c1-13-11-7-5-10(6-8-11)4-2-3-9-12/h2-9H,1H3/b4-2+,9-3+. The molecule has 1 rings (SSSR count). The highest BCUT2D eigenvalue weighted by Crippen LogP contribution is 2.12. The number of allylic oxidation sites excluding steroid dienone is 2. The molecule has 0 N–H and O–H groups in total. The fraction of sp³-hybridized carbons (Fsp3) is 0.0909. The van der Waals surface area contributed by atoms with Crippen LogP contribution in [0.3, 0.4) is 0 Å². The minimum absolute atomic E-state index is 0.883. The number of benzene rings is 1. The molecule has 13 heavy (non-hydrogen) atoms. The molecule has 0 aliphatic rings. The maximum absolute atomic E-state index is 5.05. The topological polar surface area (TPSA) is 9.23 Å². The molecule has 0 saturated heterocycles. The molecule has 68 valence electrons. The van der Waals surface area contributed by atoms with Gasteiger partial charge in [0.15, 0.2) is 0 Å². The Morgan fingerprint density at radius 2 is 1.85 bits per heavy atom. The Labute approximate surface area is 86.9 Å². The van der Waals surface area contributed by atoms with E-state index in [1.165, 1.54) is 0 Å². The molecule has 0 radical (unpaired) electrons. The first-order valence-electron chi connectivity index (χ1n) is 3.94. The van der Waals surface area contributed by atoms with E-state index in [1.54, 1.807) is 7.11 Å². The SMILES string of the molecule is COc1ccc(/C=C/C=C/Br)cc1. The number of hydrogen-bond donors (Lipinski definition) is 0. The second-order valence-electron chi connectivity index (χ2n) is 2.45. The van der Waals surface area contributed by atoms with Gasteiger partial charge in [0.1, 0.15) is 5.75 Å². The highest BCUT2D eigenvalue weighted by Gasteiger charge is 1.88. The van der Waals surface area contributed by atoms with Crippen LogP contribution >= 0.6 is 15.9 Å². The highest BCUT2D eigenvalue weighted by atomic mass is 79.9. The van der Waals surface area contributed by atoms with Crippen LogP contribution in [0.4, 0.5) is 0 Å². The molecule has 0 heterocycles. The average Bonchev–Trinajstić information content (AvgIpc) is 2.19. The Kier molecular flexibility index (Phi) is 4.33. The van der Waals surface area contributed by atoms with Gasteiger partial charge in [-0.15, -0.1) is 0 Å². The van der Waals surface area contributed by atoms with Crippen molar-refractivity contribution in [1.29, 1.82) is 0 Å². The van der Waals surface area contributed by atoms with Gasteiger partial charge in [0.25, 0.3) is 0 Å². The summed E-state index contributed by atoms with van der Waals surface area (Å²) in [7, 11) is 1.67. The predicted octanol–water partition coefficient (Wildman–Crippen LogP) is 3.62. The number of halogens is 1. The van der Waals surface area contributed by atoms with Gasteiger partial charge in [0, 0.05) is 0 Å². The van der Waals surface area contributed by atoms with E-state index in [0.717, 1.165) is 11.3 Å². The second-order valence-corrected chi connectivity index (χ2v) is 2.98. The fourth-order valence-corrected chi connectivity index (χ4v) is 1.10. The smallest absolute Gasteiger partial charge is 0.118 e.